The van der Waals surface area contributed by atoms with Crippen molar-refractivity contribution in [3.63, 3.8) is 0 Å². The van der Waals surface area contributed by atoms with E-state index in [2.05, 4.69) is 13.8 Å². The van der Waals surface area contributed by atoms with Crippen LogP contribution in [0.2, 0.25) is 0 Å². The number of aliphatic carboxylic acids is 1. The second-order valence-corrected chi connectivity index (χ2v) is 15.5. The van der Waals surface area contributed by atoms with Crippen LogP contribution in [-0.2, 0) is 33.4 Å². The van der Waals surface area contributed by atoms with Crippen LogP contribution in [-0.4, -0.2) is 42.4 Å². The van der Waals surface area contributed by atoms with E-state index in [-0.39, 0.29) is 25.0 Å². The zero-order valence-electron chi connectivity index (χ0n) is 34.8. The SMILES string of the molecule is CCCCCCCCCCCCCCCCCC(=O)OCOC(=O)C(CCCCC(=O)O)COC(=O)CCCCCCCCCCCCCCCCC. The molecule has 0 spiro atoms. The first-order chi connectivity index (χ1) is 25.9. The minimum atomic E-state index is -0.889. The first-order valence-corrected chi connectivity index (χ1v) is 22.6. The zero-order chi connectivity index (χ0) is 38.9. The summed E-state index contributed by atoms with van der Waals surface area (Å²) in [5.41, 5.74) is 0. The number of esters is 3. The fourth-order valence-electron chi connectivity index (χ4n) is 6.83. The van der Waals surface area contributed by atoms with Crippen molar-refractivity contribution >= 4 is 23.9 Å². The lowest BCUT2D eigenvalue weighted by molar-refractivity contribution is -0.172. The van der Waals surface area contributed by atoms with Crippen LogP contribution >= 0.6 is 0 Å². The molecule has 0 heterocycles. The molecule has 312 valence electrons. The molecule has 0 rings (SSSR count). The number of carbonyl (C=O) groups excluding carboxylic acids is 3. The van der Waals surface area contributed by atoms with Gasteiger partial charge in [0.05, 0.1) is 5.92 Å². The molecule has 0 aliphatic rings. The van der Waals surface area contributed by atoms with E-state index >= 15 is 0 Å². The van der Waals surface area contributed by atoms with Gasteiger partial charge in [-0.15, -0.1) is 0 Å². The van der Waals surface area contributed by atoms with Gasteiger partial charge < -0.3 is 19.3 Å². The highest BCUT2D eigenvalue weighted by Crippen LogP contribution is 2.17. The average molecular weight is 753 g/mol. The molecule has 1 atom stereocenters. The summed E-state index contributed by atoms with van der Waals surface area (Å²) in [7, 11) is 0. The molecule has 8 nitrogen and oxygen atoms in total. The number of carboxylic acids is 1. The number of rotatable bonds is 42. The van der Waals surface area contributed by atoms with E-state index < -0.39 is 24.6 Å². The number of carboxylic acid groups (broad SMARTS) is 1. The molecule has 1 unspecified atom stereocenters. The highest BCUT2D eigenvalue weighted by Gasteiger charge is 2.22. The molecule has 0 saturated heterocycles. The van der Waals surface area contributed by atoms with E-state index in [9.17, 15) is 19.2 Å². The smallest absolute Gasteiger partial charge is 0.315 e. The molecule has 0 radical (unpaired) electrons. The van der Waals surface area contributed by atoms with E-state index in [4.69, 9.17) is 19.3 Å². The summed E-state index contributed by atoms with van der Waals surface area (Å²) in [6.45, 7) is 3.94. The van der Waals surface area contributed by atoms with E-state index in [1.807, 2.05) is 0 Å². The van der Waals surface area contributed by atoms with Crippen molar-refractivity contribution in [1.82, 2.24) is 0 Å². The largest absolute Gasteiger partial charge is 0.481 e. The Kier molecular flexibility index (Phi) is 39.4. The summed E-state index contributed by atoms with van der Waals surface area (Å²) in [6, 6.07) is 0. The van der Waals surface area contributed by atoms with E-state index in [1.54, 1.807) is 0 Å². The van der Waals surface area contributed by atoms with Gasteiger partial charge in [0.2, 0.25) is 6.79 Å². The first-order valence-electron chi connectivity index (χ1n) is 22.6. The van der Waals surface area contributed by atoms with Gasteiger partial charge >= 0.3 is 23.9 Å². The maximum atomic E-state index is 12.8. The second-order valence-electron chi connectivity index (χ2n) is 15.5. The molecule has 0 amide bonds. The van der Waals surface area contributed by atoms with Gasteiger partial charge in [-0.25, -0.2) is 0 Å². The molecule has 0 fully saturated rings. The van der Waals surface area contributed by atoms with Crippen molar-refractivity contribution in [3.8, 4) is 0 Å². The standard InChI is InChI=1S/C45H84O8/c1-3-5-7-9-11-13-15-17-19-21-23-25-27-29-31-37-43(48)51-39-41(35-33-34-36-42(46)47)45(50)53-40-52-44(49)38-32-30-28-26-24-22-20-18-16-14-12-10-8-6-4-2/h41H,3-40H2,1-2H3,(H,46,47). The van der Waals surface area contributed by atoms with Crippen molar-refractivity contribution in [2.75, 3.05) is 13.4 Å². The third-order valence-electron chi connectivity index (χ3n) is 10.4. The molecule has 0 aromatic heterocycles. The van der Waals surface area contributed by atoms with Crippen molar-refractivity contribution in [1.29, 1.82) is 0 Å². The van der Waals surface area contributed by atoms with Gasteiger partial charge in [0.25, 0.3) is 0 Å². The fourth-order valence-corrected chi connectivity index (χ4v) is 6.83. The Morgan fingerprint density at radius 3 is 1.08 bits per heavy atom. The molecular formula is C45H84O8. The van der Waals surface area contributed by atoms with Crippen LogP contribution in [0.1, 0.15) is 245 Å². The predicted molar refractivity (Wildman–Crippen MR) is 217 cm³/mol. The summed E-state index contributed by atoms with van der Waals surface area (Å²) in [4.78, 5) is 48.2. The van der Waals surface area contributed by atoms with E-state index in [0.29, 0.717) is 32.1 Å². The number of carbonyl (C=O) groups is 4. The van der Waals surface area contributed by atoms with Gasteiger partial charge in [-0.1, -0.05) is 200 Å². The normalized spacial score (nSPS) is 11.7. The highest BCUT2D eigenvalue weighted by molar-refractivity contribution is 5.74. The topological polar surface area (TPSA) is 116 Å². The minimum Gasteiger partial charge on any atom is -0.481 e. The number of unbranched alkanes of at least 4 members (excludes halogenated alkanes) is 29. The quantitative estimate of drug-likeness (QED) is 0.0372. The Bertz CT molecular complexity index is 844. The predicted octanol–water partition coefficient (Wildman–Crippen LogP) is 13.4. The summed E-state index contributed by atoms with van der Waals surface area (Å²) in [6.07, 6.45) is 39.6. The van der Waals surface area contributed by atoms with E-state index in [0.717, 1.165) is 38.5 Å². The third-order valence-corrected chi connectivity index (χ3v) is 10.4. The van der Waals surface area contributed by atoms with Crippen LogP contribution in [0.3, 0.4) is 0 Å². The lowest BCUT2D eigenvalue weighted by Gasteiger charge is -2.16. The van der Waals surface area contributed by atoms with Gasteiger partial charge in [-0.3, -0.25) is 19.2 Å². The molecule has 53 heavy (non-hydrogen) atoms. The highest BCUT2D eigenvalue weighted by atomic mass is 16.7. The van der Waals surface area contributed by atoms with Gasteiger partial charge in [-0.2, -0.15) is 0 Å². The lowest BCUT2D eigenvalue weighted by atomic mass is 10.0. The summed E-state index contributed by atoms with van der Waals surface area (Å²) in [5, 5.41) is 8.94. The molecule has 8 heteroatoms. The monoisotopic (exact) mass is 753 g/mol. The Balaban J connectivity index is 3.99. The van der Waals surface area contributed by atoms with Crippen LogP contribution in [0, 0.1) is 5.92 Å². The van der Waals surface area contributed by atoms with Crippen LogP contribution in [0.5, 0.6) is 0 Å². The molecular weight excluding hydrogens is 668 g/mol. The van der Waals surface area contributed by atoms with Crippen molar-refractivity contribution < 1.29 is 38.5 Å². The fraction of sp³-hybridized carbons (Fsp3) is 0.911. The Labute approximate surface area is 326 Å². The van der Waals surface area contributed by atoms with Gasteiger partial charge in [0.15, 0.2) is 0 Å². The van der Waals surface area contributed by atoms with Crippen molar-refractivity contribution in [2.45, 2.75) is 245 Å². The van der Waals surface area contributed by atoms with Crippen LogP contribution in [0.4, 0.5) is 0 Å². The van der Waals surface area contributed by atoms with Gasteiger partial charge in [-0.05, 0) is 25.7 Å². The number of ether oxygens (including phenoxy) is 3. The maximum Gasteiger partial charge on any atom is 0.315 e. The molecule has 0 aromatic carbocycles. The maximum absolute atomic E-state index is 12.8. The average Bonchev–Trinajstić information content (AvgIpc) is 3.14. The minimum absolute atomic E-state index is 0.0116. The van der Waals surface area contributed by atoms with Crippen LogP contribution in [0.25, 0.3) is 0 Å². The van der Waals surface area contributed by atoms with Gasteiger partial charge in [0.1, 0.15) is 6.61 Å². The first kappa shape index (κ1) is 50.9. The molecule has 1 N–H and O–H groups in total. The van der Waals surface area contributed by atoms with E-state index in [1.165, 1.54) is 154 Å². The van der Waals surface area contributed by atoms with Crippen LogP contribution < -0.4 is 0 Å². The molecule has 0 aliphatic heterocycles. The molecule has 0 aliphatic carbocycles. The Morgan fingerprint density at radius 2 is 0.717 bits per heavy atom. The van der Waals surface area contributed by atoms with Crippen molar-refractivity contribution in [2.24, 2.45) is 5.92 Å². The third kappa shape index (κ3) is 39.4. The summed E-state index contributed by atoms with van der Waals surface area (Å²) < 4.78 is 15.8. The molecule has 0 aromatic rings. The number of hydrogen-bond donors (Lipinski definition) is 1. The van der Waals surface area contributed by atoms with Crippen molar-refractivity contribution in [3.05, 3.63) is 0 Å². The Morgan fingerprint density at radius 1 is 0.396 bits per heavy atom. The zero-order valence-corrected chi connectivity index (χ0v) is 34.8. The second kappa shape index (κ2) is 41.1. The number of hydrogen-bond acceptors (Lipinski definition) is 7. The lowest BCUT2D eigenvalue weighted by Crippen LogP contribution is -2.26. The molecule has 0 saturated carbocycles. The van der Waals surface area contributed by atoms with Crippen LogP contribution in [0.15, 0.2) is 0 Å². The summed E-state index contributed by atoms with van der Waals surface area (Å²) in [5.74, 6) is -2.93. The van der Waals surface area contributed by atoms with Gasteiger partial charge in [0, 0.05) is 19.3 Å². The molecule has 0 bridgehead atoms. The summed E-state index contributed by atoms with van der Waals surface area (Å²) >= 11 is 0. The Hall–Kier alpha value is -2.12.